The Morgan fingerprint density at radius 1 is 1.15 bits per heavy atom. The Hall–Kier alpha value is -2.57. The van der Waals surface area contributed by atoms with Crippen molar-refractivity contribution in [3.8, 4) is 0 Å². The number of para-hydroxylation sites is 1. The molecule has 7 nitrogen and oxygen atoms in total. The standard InChI is InChI=1S/C20H30N4O3/c1-4-23(5-2)18(25)15-22(3)19(26)16-10-9-13-24(14-16)20(27)21-17-11-7-6-8-12-17/h6-8,11-12,16H,4-5,9-10,13-15H2,1-3H3,(H,21,27). The molecule has 1 aromatic rings. The maximum Gasteiger partial charge on any atom is 0.321 e. The summed E-state index contributed by atoms with van der Waals surface area (Å²) in [5, 5.41) is 2.86. The van der Waals surface area contributed by atoms with Crippen LogP contribution in [-0.2, 0) is 9.59 Å². The van der Waals surface area contributed by atoms with Gasteiger partial charge in [0.2, 0.25) is 11.8 Å². The SMILES string of the molecule is CCN(CC)C(=O)CN(C)C(=O)C1CCCN(C(=O)Nc2ccccc2)C1. The Labute approximate surface area is 161 Å². The van der Waals surface area contributed by atoms with E-state index in [-0.39, 0.29) is 30.3 Å². The second-order valence-corrected chi connectivity index (χ2v) is 6.84. The summed E-state index contributed by atoms with van der Waals surface area (Å²) in [6.07, 6.45) is 1.51. The van der Waals surface area contributed by atoms with Gasteiger partial charge in [-0.15, -0.1) is 0 Å². The van der Waals surface area contributed by atoms with Crippen molar-refractivity contribution in [3.05, 3.63) is 30.3 Å². The molecule has 1 fully saturated rings. The summed E-state index contributed by atoms with van der Waals surface area (Å²) in [7, 11) is 1.66. The molecule has 0 saturated carbocycles. The normalized spacial score (nSPS) is 16.6. The van der Waals surface area contributed by atoms with Crippen LogP contribution in [0.4, 0.5) is 10.5 Å². The minimum atomic E-state index is -0.269. The number of likely N-dealkylation sites (tertiary alicyclic amines) is 1. The second-order valence-electron chi connectivity index (χ2n) is 6.84. The zero-order chi connectivity index (χ0) is 19.8. The van der Waals surface area contributed by atoms with E-state index in [4.69, 9.17) is 0 Å². The third-order valence-corrected chi connectivity index (χ3v) is 4.95. The molecular formula is C20H30N4O3. The summed E-state index contributed by atoms with van der Waals surface area (Å²) in [4.78, 5) is 42.4. The van der Waals surface area contributed by atoms with E-state index in [0.29, 0.717) is 26.2 Å². The van der Waals surface area contributed by atoms with Crippen LogP contribution in [0, 0.1) is 5.92 Å². The number of anilines is 1. The highest BCUT2D eigenvalue weighted by molar-refractivity contribution is 5.90. The Balaban J connectivity index is 1.91. The third-order valence-electron chi connectivity index (χ3n) is 4.95. The minimum absolute atomic E-state index is 0.0506. The highest BCUT2D eigenvalue weighted by Crippen LogP contribution is 2.20. The minimum Gasteiger partial charge on any atom is -0.342 e. The lowest BCUT2D eigenvalue weighted by Gasteiger charge is -2.34. The molecule has 27 heavy (non-hydrogen) atoms. The number of benzene rings is 1. The highest BCUT2D eigenvalue weighted by Gasteiger charge is 2.31. The lowest BCUT2D eigenvalue weighted by Crippen LogP contribution is -2.49. The first kappa shape index (κ1) is 20.7. The average molecular weight is 374 g/mol. The quantitative estimate of drug-likeness (QED) is 0.830. The van der Waals surface area contributed by atoms with Crippen LogP contribution < -0.4 is 5.32 Å². The molecule has 7 heteroatoms. The summed E-state index contributed by atoms with van der Waals surface area (Å²) in [6, 6.07) is 9.08. The van der Waals surface area contributed by atoms with Gasteiger partial charge >= 0.3 is 6.03 Å². The van der Waals surface area contributed by atoms with Crippen LogP contribution >= 0.6 is 0 Å². The molecule has 4 amide bonds. The van der Waals surface area contributed by atoms with Crippen molar-refractivity contribution in [2.24, 2.45) is 5.92 Å². The van der Waals surface area contributed by atoms with Gasteiger partial charge in [0.25, 0.3) is 0 Å². The fraction of sp³-hybridized carbons (Fsp3) is 0.550. The van der Waals surface area contributed by atoms with Crippen LogP contribution in [0.25, 0.3) is 0 Å². The van der Waals surface area contributed by atoms with E-state index in [9.17, 15) is 14.4 Å². The smallest absolute Gasteiger partial charge is 0.321 e. The van der Waals surface area contributed by atoms with Crippen LogP contribution in [-0.4, -0.2) is 72.3 Å². The molecule has 0 aromatic heterocycles. The fourth-order valence-electron chi connectivity index (χ4n) is 3.36. The summed E-state index contributed by atoms with van der Waals surface area (Å²) >= 11 is 0. The van der Waals surface area contributed by atoms with Crippen molar-refractivity contribution in [2.45, 2.75) is 26.7 Å². The van der Waals surface area contributed by atoms with Gasteiger partial charge in [0, 0.05) is 38.9 Å². The number of rotatable bonds is 6. The maximum atomic E-state index is 12.8. The van der Waals surface area contributed by atoms with Gasteiger partial charge in [-0.25, -0.2) is 4.79 Å². The van der Waals surface area contributed by atoms with E-state index in [1.165, 1.54) is 4.90 Å². The first-order chi connectivity index (χ1) is 13.0. The molecule has 0 spiro atoms. The van der Waals surface area contributed by atoms with Crippen LogP contribution in [0.5, 0.6) is 0 Å². The molecule has 0 bridgehead atoms. The number of hydrogen-bond donors (Lipinski definition) is 1. The number of nitrogens with zero attached hydrogens (tertiary/aromatic N) is 3. The molecule has 1 N–H and O–H groups in total. The van der Waals surface area contributed by atoms with Crippen LogP contribution in [0.15, 0.2) is 30.3 Å². The zero-order valence-electron chi connectivity index (χ0n) is 16.5. The first-order valence-corrected chi connectivity index (χ1v) is 9.60. The monoisotopic (exact) mass is 374 g/mol. The van der Waals surface area contributed by atoms with Crippen molar-refractivity contribution >= 4 is 23.5 Å². The van der Waals surface area contributed by atoms with Gasteiger partial charge in [-0.2, -0.15) is 0 Å². The van der Waals surface area contributed by atoms with Gasteiger partial charge in [-0.05, 0) is 38.8 Å². The Bertz CT molecular complexity index is 646. The number of carbonyl (C=O) groups excluding carboxylic acids is 3. The van der Waals surface area contributed by atoms with Crippen LogP contribution in [0.3, 0.4) is 0 Å². The molecule has 0 radical (unpaired) electrons. The molecule has 0 aliphatic carbocycles. The van der Waals surface area contributed by atoms with Gasteiger partial charge < -0.3 is 20.0 Å². The summed E-state index contributed by atoms with van der Waals surface area (Å²) < 4.78 is 0. The van der Waals surface area contributed by atoms with Crippen molar-refractivity contribution in [3.63, 3.8) is 0 Å². The largest absolute Gasteiger partial charge is 0.342 e. The van der Waals surface area contributed by atoms with Gasteiger partial charge in [-0.1, -0.05) is 18.2 Å². The zero-order valence-corrected chi connectivity index (χ0v) is 16.5. The van der Waals surface area contributed by atoms with Crippen LogP contribution in [0.2, 0.25) is 0 Å². The molecule has 1 atom stereocenters. The molecule has 1 aliphatic rings. The van der Waals surface area contributed by atoms with Crippen molar-refractivity contribution < 1.29 is 14.4 Å². The third kappa shape index (κ3) is 5.70. The van der Waals surface area contributed by atoms with Crippen molar-refractivity contribution in [1.29, 1.82) is 0 Å². The molecule has 1 saturated heterocycles. The first-order valence-electron chi connectivity index (χ1n) is 9.60. The van der Waals surface area contributed by atoms with Gasteiger partial charge in [0.15, 0.2) is 0 Å². The number of carbonyl (C=O) groups is 3. The van der Waals surface area contributed by atoms with Gasteiger partial charge in [0.1, 0.15) is 0 Å². The van der Waals surface area contributed by atoms with Gasteiger partial charge in [0.05, 0.1) is 12.5 Å². The molecule has 2 rings (SSSR count). The summed E-state index contributed by atoms with van der Waals surface area (Å²) in [6.45, 7) is 6.20. The van der Waals surface area contributed by atoms with Crippen molar-refractivity contribution in [1.82, 2.24) is 14.7 Å². The molecule has 1 unspecified atom stereocenters. The lowest BCUT2D eigenvalue weighted by molar-refractivity contribution is -0.142. The molecule has 1 heterocycles. The molecular weight excluding hydrogens is 344 g/mol. The number of hydrogen-bond acceptors (Lipinski definition) is 3. The van der Waals surface area contributed by atoms with E-state index in [1.54, 1.807) is 16.8 Å². The predicted octanol–water partition coefficient (Wildman–Crippen LogP) is 2.26. The maximum absolute atomic E-state index is 12.8. The Kier molecular flexibility index (Phi) is 7.64. The van der Waals surface area contributed by atoms with E-state index in [0.717, 1.165) is 18.5 Å². The molecule has 1 aromatic carbocycles. The number of likely N-dealkylation sites (N-methyl/N-ethyl adjacent to an activating group) is 2. The summed E-state index contributed by atoms with van der Waals surface area (Å²) in [5.41, 5.74) is 0.734. The van der Waals surface area contributed by atoms with E-state index in [2.05, 4.69) is 5.32 Å². The van der Waals surface area contributed by atoms with Crippen molar-refractivity contribution in [2.75, 3.05) is 45.1 Å². The Morgan fingerprint density at radius 2 is 1.81 bits per heavy atom. The van der Waals surface area contributed by atoms with E-state index >= 15 is 0 Å². The lowest BCUT2D eigenvalue weighted by atomic mass is 9.97. The highest BCUT2D eigenvalue weighted by atomic mass is 16.2. The summed E-state index contributed by atoms with van der Waals surface area (Å²) in [5.74, 6) is -0.396. The molecule has 148 valence electrons. The fourth-order valence-corrected chi connectivity index (χ4v) is 3.36. The predicted molar refractivity (Wildman–Crippen MR) is 105 cm³/mol. The molecule has 1 aliphatic heterocycles. The average Bonchev–Trinajstić information content (AvgIpc) is 2.69. The van der Waals surface area contributed by atoms with Gasteiger partial charge in [-0.3, -0.25) is 9.59 Å². The second kappa shape index (κ2) is 9.94. The van der Waals surface area contributed by atoms with E-state index < -0.39 is 0 Å². The number of urea groups is 1. The number of amides is 4. The Morgan fingerprint density at radius 3 is 2.44 bits per heavy atom. The number of nitrogens with one attached hydrogen (secondary N) is 1. The number of piperidine rings is 1. The van der Waals surface area contributed by atoms with Crippen LogP contribution in [0.1, 0.15) is 26.7 Å². The topological polar surface area (TPSA) is 73.0 Å². The van der Waals surface area contributed by atoms with E-state index in [1.807, 2.05) is 44.2 Å².